The first-order chi connectivity index (χ1) is 2.63. The molecule has 0 aromatic heterocycles. The van der Waals surface area contributed by atoms with Crippen LogP contribution in [0.2, 0.25) is 4.82 Å². The van der Waals surface area contributed by atoms with Crippen molar-refractivity contribution in [1.82, 2.24) is 0 Å². The molecule has 0 aliphatic carbocycles. The van der Waals surface area contributed by atoms with E-state index in [0.29, 0.717) is 0 Å². The van der Waals surface area contributed by atoms with E-state index >= 15 is 0 Å². The molecule has 1 aliphatic heterocycles. The maximum atomic E-state index is 8.48. The van der Waals surface area contributed by atoms with Crippen LogP contribution in [0.3, 0.4) is 0 Å². The molecule has 0 saturated carbocycles. The van der Waals surface area contributed by atoms with Gasteiger partial charge in [0.1, 0.15) is 0 Å². The van der Waals surface area contributed by atoms with E-state index in [9.17, 15) is 0 Å². The molecule has 1 fully saturated rings. The van der Waals surface area contributed by atoms with Gasteiger partial charge < -0.3 is 0 Å². The van der Waals surface area contributed by atoms with Crippen LogP contribution in [-0.4, -0.2) is 29.9 Å². The van der Waals surface area contributed by atoms with Crippen LogP contribution in [0.25, 0.3) is 0 Å². The van der Waals surface area contributed by atoms with E-state index in [1.165, 1.54) is 0 Å². The van der Waals surface area contributed by atoms with Gasteiger partial charge in [0.2, 0.25) is 0 Å². The molecule has 2 N–H and O–H groups in total. The van der Waals surface area contributed by atoms with Crippen LogP contribution in [0.1, 0.15) is 6.92 Å². The van der Waals surface area contributed by atoms with Crippen molar-refractivity contribution in [2.75, 3.05) is 0 Å². The summed E-state index contributed by atoms with van der Waals surface area (Å²) in [6.07, 6.45) is 0. The van der Waals surface area contributed by atoms with Crippen molar-refractivity contribution < 1.29 is 10.2 Å². The summed E-state index contributed by atoms with van der Waals surface area (Å²) in [6.45, 7) is 1.83. The van der Waals surface area contributed by atoms with E-state index in [1.807, 2.05) is 6.92 Å². The van der Waals surface area contributed by atoms with Gasteiger partial charge in [-0.25, -0.2) is 0 Å². The molecule has 0 aromatic rings. The third kappa shape index (κ3) is 0.589. The van der Waals surface area contributed by atoms with Crippen molar-refractivity contribution in [3.63, 3.8) is 0 Å². The Kier molecular flexibility index (Phi) is 0.753. The minimum absolute atomic E-state index is 0.0903. The van der Waals surface area contributed by atoms with E-state index in [4.69, 9.17) is 10.2 Å². The Morgan fingerprint density at radius 1 is 1.67 bits per heavy atom. The van der Waals surface area contributed by atoms with Crippen LogP contribution in [0, 0.1) is 0 Å². The maximum absolute atomic E-state index is 8.48. The fourth-order valence-corrected chi connectivity index (χ4v) is 1.18. The molecular weight excluding hydrogens is 147 g/mol. The first-order valence-electron chi connectivity index (χ1n) is 1.75. The molecule has 3 heteroatoms. The Morgan fingerprint density at radius 3 is 1.83 bits per heavy atom. The normalized spacial score (nSPS) is 39.5. The minimum atomic E-state index is -1.23. The molecule has 0 bridgehead atoms. The average molecular weight is 153 g/mol. The van der Waals surface area contributed by atoms with Crippen molar-refractivity contribution in [2.24, 2.45) is 0 Å². The number of hydrogen-bond donors (Lipinski definition) is 2. The Balaban J connectivity index is 2.41. The van der Waals surface area contributed by atoms with Gasteiger partial charge in [0.05, 0.1) is 0 Å². The Hall–Kier alpha value is 0.439. The third-order valence-corrected chi connectivity index (χ3v) is 3.19. The molecule has 1 saturated heterocycles. The molecular formula is C3H6O2Se. The first-order valence-corrected chi connectivity index (χ1v) is 3.60. The van der Waals surface area contributed by atoms with Crippen molar-refractivity contribution in [3.05, 3.63) is 0 Å². The van der Waals surface area contributed by atoms with Gasteiger partial charge in [-0.15, -0.1) is 0 Å². The molecule has 1 atom stereocenters. The molecule has 0 aromatic carbocycles. The zero-order valence-electron chi connectivity index (χ0n) is 3.38. The van der Waals surface area contributed by atoms with Crippen LogP contribution in [0.15, 0.2) is 0 Å². The second-order valence-electron chi connectivity index (χ2n) is 1.42. The summed E-state index contributed by atoms with van der Waals surface area (Å²) in [4.78, 5) is 0.171. The monoisotopic (exact) mass is 154 g/mol. The molecule has 1 heterocycles. The summed E-state index contributed by atoms with van der Waals surface area (Å²) >= 11 is 0.0903. The molecule has 0 spiro atoms. The first kappa shape index (κ1) is 4.59. The Labute approximate surface area is 42.3 Å². The zero-order valence-corrected chi connectivity index (χ0v) is 5.09. The van der Waals surface area contributed by atoms with Gasteiger partial charge in [0.25, 0.3) is 0 Å². The van der Waals surface area contributed by atoms with Crippen LogP contribution in [0.5, 0.6) is 0 Å². The topological polar surface area (TPSA) is 40.5 Å². The Morgan fingerprint density at radius 2 is 1.83 bits per heavy atom. The van der Waals surface area contributed by atoms with Gasteiger partial charge in [0.15, 0.2) is 0 Å². The number of aliphatic hydroxyl groups is 2. The van der Waals surface area contributed by atoms with Crippen molar-refractivity contribution >= 4 is 15.0 Å². The van der Waals surface area contributed by atoms with E-state index in [-0.39, 0.29) is 19.8 Å². The second-order valence-corrected chi connectivity index (χ2v) is 4.66. The summed E-state index contributed by atoms with van der Waals surface area (Å²) in [5.41, 5.74) is 0. The van der Waals surface area contributed by atoms with E-state index in [0.717, 1.165) is 0 Å². The summed E-state index contributed by atoms with van der Waals surface area (Å²) in [6, 6.07) is 0. The van der Waals surface area contributed by atoms with Crippen LogP contribution in [0.4, 0.5) is 0 Å². The molecule has 0 amide bonds. The van der Waals surface area contributed by atoms with Gasteiger partial charge in [-0.3, -0.25) is 0 Å². The number of rotatable bonds is 0. The van der Waals surface area contributed by atoms with Crippen LogP contribution >= 0.6 is 0 Å². The quantitative estimate of drug-likeness (QED) is 0.351. The summed E-state index contributed by atoms with van der Waals surface area (Å²) in [5, 5.41) is 17.0. The van der Waals surface area contributed by atoms with E-state index < -0.39 is 4.69 Å². The van der Waals surface area contributed by atoms with E-state index in [1.54, 1.807) is 0 Å². The molecule has 1 aliphatic rings. The van der Waals surface area contributed by atoms with Crippen LogP contribution < -0.4 is 0 Å². The standard InChI is InChI=1S/C3H6O2Se/c1-2-3(4,5)6-2/h2,4-5H,1H3. The number of hydrogen-bond acceptors (Lipinski definition) is 2. The van der Waals surface area contributed by atoms with Gasteiger partial charge >= 0.3 is 41.6 Å². The SMILES string of the molecule is CC1[Se]C1(O)O. The van der Waals surface area contributed by atoms with Gasteiger partial charge in [0, 0.05) is 0 Å². The molecule has 1 rings (SSSR count). The second kappa shape index (κ2) is 0.984. The van der Waals surface area contributed by atoms with Gasteiger partial charge in [-0.1, -0.05) is 0 Å². The average Bonchev–Trinajstić information content (AvgIpc) is 1.73. The molecule has 1 unspecified atom stereocenters. The van der Waals surface area contributed by atoms with Crippen molar-refractivity contribution in [1.29, 1.82) is 0 Å². The van der Waals surface area contributed by atoms with Crippen molar-refractivity contribution in [2.45, 2.75) is 16.4 Å². The third-order valence-electron chi connectivity index (χ3n) is 0.823. The fraction of sp³-hybridized carbons (Fsp3) is 1.00. The predicted molar refractivity (Wildman–Crippen MR) is 22.3 cm³/mol. The van der Waals surface area contributed by atoms with Gasteiger partial charge in [-0.05, 0) is 0 Å². The van der Waals surface area contributed by atoms with Gasteiger partial charge in [-0.2, -0.15) is 0 Å². The summed E-state index contributed by atoms with van der Waals surface area (Å²) in [5.74, 6) is 0. The van der Waals surface area contributed by atoms with E-state index in [2.05, 4.69) is 0 Å². The molecule has 2 nitrogen and oxygen atoms in total. The fourth-order valence-electron chi connectivity index (χ4n) is 0.226. The Bertz CT molecular complexity index is 71.2. The zero-order chi connectivity index (χ0) is 4.78. The van der Waals surface area contributed by atoms with Crippen molar-refractivity contribution in [3.8, 4) is 0 Å². The molecule has 6 heavy (non-hydrogen) atoms. The predicted octanol–water partition coefficient (Wildman–Crippen LogP) is -0.849. The molecule has 0 radical (unpaired) electrons. The summed E-state index contributed by atoms with van der Waals surface area (Å²) in [7, 11) is 0. The summed E-state index contributed by atoms with van der Waals surface area (Å²) < 4.78 is -1.23. The molecule has 36 valence electrons. The van der Waals surface area contributed by atoms with Crippen LogP contribution in [-0.2, 0) is 0 Å².